The van der Waals surface area contributed by atoms with Crippen molar-refractivity contribution in [2.75, 3.05) is 18.5 Å². The Labute approximate surface area is 204 Å². The molecule has 0 atom stereocenters. The van der Waals surface area contributed by atoms with Gasteiger partial charge in [-0.2, -0.15) is 0 Å². The van der Waals surface area contributed by atoms with E-state index >= 15 is 0 Å². The second kappa shape index (κ2) is 8.42. The summed E-state index contributed by atoms with van der Waals surface area (Å²) in [5.41, 5.74) is 7.00. The van der Waals surface area contributed by atoms with E-state index in [-0.39, 0.29) is 0 Å². The molecule has 0 amide bonds. The van der Waals surface area contributed by atoms with Crippen LogP contribution in [-0.4, -0.2) is 32.1 Å². The largest absolute Gasteiger partial charge is 0.372 e. The molecule has 0 saturated heterocycles. The van der Waals surface area contributed by atoms with E-state index in [1.165, 1.54) is 65.6 Å². The summed E-state index contributed by atoms with van der Waals surface area (Å²) >= 11 is 0. The Hall–Kier alpha value is -2.31. The number of nitrogens with one attached hydrogen (secondary N) is 1. The lowest BCUT2D eigenvalue weighted by Gasteiger charge is -2.24. The second-order valence-electron chi connectivity index (χ2n) is 11.2. The SMILES string of the molecule is Cc1ccc2c(c1)N(C)CCn1c-2c(C2CCCCC2)c2ccc(S(=O)(=O)NC(C)(C)C)cc21. The molecule has 0 spiro atoms. The Morgan fingerprint density at radius 3 is 2.41 bits per heavy atom. The Balaban J connectivity index is 1.78. The van der Waals surface area contributed by atoms with Gasteiger partial charge in [0, 0.05) is 42.3 Å². The normalized spacial score (nSPS) is 17.5. The van der Waals surface area contributed by atoms with Crippen LogP contribution in [0.4, 0.5) is 5.69 Å². The molecule has 6 heteroatoms. The fourth-order valence-corrected chi connectivity index (χ4v) is 7.28. The maximum atomic E-state index is 13.2. The zero-order valence-electron chi connectivity index (χ0n) is 21.1. The number of anilines is 1. The highest BCUT2D eigenvalue weighted by Crippen LogP contribution is 2.47. The predicted octanol–water partition coefficient (Wildman–Crippen LogP) is 6.19. The number of likely N-dealkylation sites (N-methyl/N-ethyl adjacent to an activating group) is 1. The number of hydrogen-bond acceptors (Lipinski definition) is 3. The topological polar surface area (TPSA) is 54.3 Å². The molecule has 3 aromatic rings. The first-order valence-corrected chi connectivity index (χ1v) is 14.1. The van der Waals surface area contributed by atoms with Gasteiger partial charge in [0.1, 0.15) is 0 Å². The van der Waals surface area contributed by atoms with Crippen molar-refractivity contribution in [3.8, 4) is 11.3 Å². The van der Waals surface area contributed by atoms with E-state index in [0.717, 1.165) is 18.6 Å². The minimum Gasteiger partial charge on any atom is -0.372 e. The smallest absolute Gasteiger partial charge is 0.241 e. The molecule has 2 aromatic carbocycles. The highest BCUT2D eigenvalue weighted by Gasteiger charge is 2.31. The first kappa shape index (κ1) is 23.4. The number of hydrogen-bond donors (Lipinski definition) is 1. The van der Waals surface area contributed by atoms with Crippen molar-refractivity contribution in [1.82, 2.24) is 9.29 Å². The molecular formula is C28H37N3O2S. The van der Waals surface area contributed by atoms with Gasteiger partial charge in [0.25, 0.3) is 0 Å². The molecule has 0 bridgehead atoms. The Bertz CT molecular complexity index is 1340. The molecule has 1 saturated carbocycles. The van der Waals surface area contributed by atoms with Crippen molar-refractivity contribution in [3.05, 3.63) is 47.5 Å². The van der Waals surface area contributed by atoms with Gasteiger partial charge in [-0.3, -0.25) is 0 Å². The molecule has 182 valence electrons. The van der Waals surface area contributed by atoms with Crippen molar-refractivity contribution >= 4 is 26.6 Å². The van der Waals surface area contributed by atoms with E-state index in [0.29, 0.717) is 10.8 Å². The van der Waals surface area contributed by atoms with Crippen LogP contribution < -0.4 is 9.62 Å². The van der Waals surface area contributed by atoms with Crippen molar-refractivity contribution < 1.29 is 8.42 Å². The number of rotatable bonds is 3. The van der Waals surface area contributed by atoms with Crippen LogP contribution in [0.15, 0.2) is 41.3 Å². The van der Waals surface area contributed by atoms with E-state index in [4.69, 9.17) is 0 Å². The summed E-state index contributed by atoms with van der Waals surface area (Å²) < 4.78 is 31.6. The van der Waals surface area contributed by atoms with E-state index < -0.39 is 15.6 Å². The zero-order valence-corrected chi connectivity index (χ0v) is 21.9. The van der Waals surface area contributed by atoms with Crippen molar-refractivity contribution in [2.24, 2.45) is 0 Å². The van der Waals surface area contributed by atoms with Gasteiger partial charge in [-0.15, -0.1) is 0 Å². The van der Waals surface area contributed by atoms with Crippen LogP contribution in [0.5, 0.6) is 0 Å². The Morgan fingerprint density at radius 1 is 0.971 bits per heavy atom. The Morgan fingerprint density at radius 2 is 1.71 bits per heavy atom. The second-order valence-corrected chi connectivity index (χ2v) is 12.9. The average molecular weight is 480 g/mol. The number of aryl methyl sites for hydroxylation is 1. The van der Waals surface area contributed by atoms with Crippen LogP contribution in [0.3, 0.4) is 0 Å². The molecule has 1 aliphatic carbocycles. The lowest BCUT2D eigenvalue weighted by molar-refractivity contribution is 0.445. The molecule has 1 N–H and O–H groups in total. The molecule has 1 fully saturated rings. The number of sulfonamides is 1. The monoisotopic (exact) mass is 479 g/mol. The molecule has 34 heavy (non-hydrogen) atoms. The first-order valence-electron chi connectivity index (χ1n) is 12.6. The number of benzene rings is 2. The highest BCUT2D eigenvalue weighted by atomic mass is 32.2. The van der Waals surface area contributed by atoms with Crippen LogP contribution in [0.2, 0.25) is 0 Å². The van der Waals surface area contributed by atoms with Gasteiger partial charge < -0.3 is 9.47 Å². The van der Waals surface area contributed by atoms with Gasteiger partial charge in [0.05, 0.1) is 16.1 Å². The predicted molar refractivity (Wildman–Crippen MR) is 141 cm³/mol. The van der Waals surface area contributed by atoms with Gasteiger partial charge in [0.2, 0.25) is 10.0 Å². The Kier molecular flexibility index (Phi) is 5.80. The molecular weight excluding hydrogens is 442 g/mol. The van der Waals surface area contributed by atoms with Gasteiger partial charge in [-0.05, 0) is 75.8 Å². The average Bonchev–Trinajstić information content (AvgIpc) is 3.02. The summed E-state index contributed by atoms with van der Waals surface area (Å²) in [7, 11) is -1.45. The molecule has 2 aliphatic rings. The minimum atomic E-state index is -3.61. The summed E-state index contributed by atoms with van der Waals surface area (Å²) in [6, 6.07) is 12.5. The van der Waals surface area contributed by atoms with Crippen LogP contribution in [0.25, 0.3) is 22.2 Å². The van der Waals surface area contributed by atoms with Gasteiger partial charge in [0.15, 0.2) is 0 Å². The third-order valence-electron chi connectivity index (χ3n) is 7.32. The third kappa shape index (κ3) is 4.16. The van der Waals surface area contributed by atoms with Crippen LogP contribution in [0.1, 0.15) is 69.9 Å². The summed E-state index contributed by atoms with van der Waals surface area (Å²) in [4.78, 5) is 2.68. The number of fused-ring (bicyclic) bond motifs is 5. The maximum absolute atomic E-state index is 13.2. The van der Waals surface area contributed by atoms with Crippen molar-refractivity contribution in [3.63, 3.8) is 0 Å². The molecule has 1 aromatic heterocycles. The maximum Gasteiger partial charge on any atom is 0.241 e. The number of aromatic nitrogens is 1. The number of nitrogens with zero attached hydrogens (tertiary/aromatic N) is 2. The standard InChI is InChI=1S/C28H37N3O2S/c1-19-11-13-23-24(17-19)30(5)15-16-31-25-18-21(34(32,33)29-28(2,3)4)12-14-22(25)26(27(23)31)20-9-7-6-8-10-20/h11-14,17-18,20,29H,6-10,15-16H2,1-5H3. The van der Waals surface area contributed by atoms with E-state index in [9.17, 15) is 8.42 Å². The highest BCUT2D eigenvalue weighted by molar-refractivity contribution is 7.89. The summed E-state index contributed by atoms with van der Waals surface area (Å²) in [5, 5.41) is 1.22. The summed E-state index contributed by atoms with van der Waals surface area (Å²) in [6.45, 7) is 9.50. The van der Waals surface area contributed by atoms with E-state index in [1.807, 2.05) is 26.8 Å². The molecule has 5 rings (SSSR count). The van der Waals surface area contributed by atoms with Crippen LogP contribution in [-0.2, 0) is 16.6 Å². The lowest BCUT2D eigenvalue weighted by Crippen LogP contribution is -2.40. The van der Waals surface area contributed by atoms with Gasteiger partial charge in [-0.25, -0.2) is 13.1 Å². The third-order valence-corrected chi connectivity index (χ3v) is 9.07. The fourth-order valence-electron chi connectivity index (χ4n) is 5.84. The summed E-state index contributed by atoms with van der Waals surface area (Å²) in [5.74, 6) is 0.514. The van der Waals surface area contributed by atoms with Crippen molar-refractivity contribution in [1.29, 1.82) is 0 Å². The first-order chi connectivity index (χ1) is 16.0. The van der Waals surface area contributed by atoms with Gasteiger partial charge in [-0.1, -0.05) is 37.5 Å². The lowest BCUT2D eigenvalue weighted by atomic mass is 9.81. The van der Waals surface area contributed by atoms with E-state index in [2.05, 4.69) is 52.4 Å². The van der Waals surface area contributed by atoms with Crippen LogP contribution in [0, 0.1) is 6.92 Å². The molecule has 1 aliphatic heterocycles. The van der Waals surface area contributed by atoms with Crippen LogP contribution >= 0.6 is 0 Å². The quantitative estimate of drug-likeness (QED) is 0.487. The minimum absolute atomic E-state index is 0.340. The van der Waals surface area contributed by atoms with Gasteiger partial charge >= 0.3 is 0 Å². The van der Waals surface area contributed by atoms with E-state index in [1.54, 1.807) is 6.07 Å². The summed E-state index contributed by atoms with van der Waals surface area (Å²) in [6.07, 6.45) is 6.24. The molecule has 5 nitrogen and oxygen atoms in total. The molecule has 0 unspecified atom stereocenters. The molecule has 0 radical (unpaired) electrons. The van der Waals surface area contributed by atoms with Crippen molar-refractivity contribution in [2.45, 2.75) is 82.7 Å². The fraction of sp³-hybridized carbons (Fsp3) is 0.500. The zero-order chi connectivity index (χ0) is 24.3. The molecule has 2 heterocycles.